The van der Waals surface area contributed by atoms with Crippen molar-refractivity contribution in [2.45, 2.75) is 62.4 Å². The van der Waals surface area contributed by atoms with Crippen molar-refractivity contribution in [3.8, 4) is 0 Å². The molecule has 1 atom stereocenters. The summed E-state index contributed by atoms with van der Waals surface area (Å²) >= 11 is 0. The molecule has 1 amide bonds. The van der Waals surface area contributed by atoms with Crippen LogP contribution in [0.4, 0.5) is 5.69 Å². The fraction of sp³-hybridized carbons (Fsp3) is 0.632. The Labute approximate surface area is 137 Å². The number of carbonyl (C=O) groups excluding carboxylic acids is 1. The molecule has 1 spiro atoms. The number of hydrogen-bond donors (Lipinski definition) is 3. The number of fused-ring (bicyclic) bond motifs is 2. The Balaban J connectivity index is 1.44. The van der Waals surface area contributed by atoms with Crippen LogP contribution in [-0.4, -0.2) is 29.7 Å². The normalized spacial score (nSPS) is 31.0. The average molecular weight is 314 g/mol. The lowest BCUT2D eigenvalue weighted by atomic mass is 9.69. The average Bonchev–Trinajstić information content (AvgIpc) is 3.37. The van der Waals surface area contributed by atoms with Gasteiger partial charge in [-0.15, -0.1) is 0 Å². The maximum absolute atomic E-state index is 12.6. The SMILES string of the molecule is O=C1Nc2ccccc2C12CCC(NC(CCO)C1CC1)CC2. The molecule has 1 aromatic rings. The van der Waals surface area contributed by atoms with Crippen LogP contribution in [0.15, 0.2) is 24.3 Å². The molecule has 4 nitrogen and oxygen atoms in total. The minimum Gasteiger partial charge on any atom is -0.396 e. The molecular formula is C19H26N2O2. The summed E-state index contributed by atoms with van der Waals surface area (Å²) in [5, 5.41) is 16.1. The van der Waals surface area contributed by atoms with E-state index in [1.807, 2.05) is 18.2 Å². The van der Waals surface area contributed by atoms with Crippen LogP contribution in [0.2, 0.25) is 0 Å². The van der Waals surface area contributed by atoms with Gasteiger partial charge in [-0.3, -0.25) is 4.79 Å². The fourth-order valence-corrected chi connectivity index (χ4v) is 4.54. The molecule has 1 unspecified atom stereocenters. The smallest absolute Gasteiger partial charge is 0.235 e. The lowest BCUT2D eigenvalue weighted by molar-refractivity contribution is -0.122. The Morgan fingerprint density at radius 1 is 1.22 bits per heavy atom. The van der Waals surface area contributed by atoms with Gasteiger partial charge in [-0.25, -0.2) is 0 Å². The second-order valence-corrected chi connectivity index (χ2v) is 7.48. The minimum absolute atomic E-state index is 0.186. The van der Waals surface area contributed by atoms with E-state index in [2.05, 4.69) is 16.7 Å². The fourth-order valence-electron chi connectivity index (χ4n) is 4.54. The number of para-hydroxylation sites is 1. The van der Waals surface area contributed by atoms with Gasteiger partial charge in [0.25, 0.3) is 0 Å². The molecule has 3 aliphatic rings. The zero-order valence-electron chi connectivity index (χ0n) is 13.6. The number of aliphatic hydroxyl groups excluding tert-OH is 1. The van der Waals surface area contributed by atoms with Crippen LogP contribution in [0.25, 0.3) is 0 Å². The van der Waals surface area contributed by atoms with E-state index >= 15 is 0 Å². The van der Waals surface area contributed by atoms with E-state index in [0.717, 1.165) is 43.7 Å². The number of amides is 1. The van der Waals surface area contributed by atoms with Crippen molar-refractivity contribution < 1.29 is 9.90 Å². The van der Waals surface area contributed by atoms with Crippen molar-refractivity contribution in [3.05, 3.63) is 29.8 Å². The topological polar surface area (TPSA) is 61.4 Å². The first-order valence-electron chi connectivity index (χ1n) is 9.01. The van der Waals surface area contributed by atoms with Crippen LogP contribution < -0.4 is 10.6 Å². The quantitative estimate of drug-likeness (QED) is 0.783. The molecule has 124 valence electrons. The third-order valence-electron chi connectivity index (χ3n) is 6.05. The molecule has 0 bridgehead atoms. The number of benzene rings is 1. The monoisotopic (exact) mass is 314 g/mol. The molecule has 1 aromatic carbocycles. The van der Waals surface area contributed by atoms with Crippen molar-refractivity contribution in [2.75, 3.05) is 11.9 Å². The van der Waals surface area contributed by atoms with Gasteiger partial charge in [0, 0.05) is 24.4 Å². The second kappa shape index (κ2) is 5.91. The van der Waals surface area contributed by atoms with Gasteiger partial charge in [-0.1, -0.05) is 18.2 Å². The van der Waals surface area contributed by atoms with E-state index in [0.29, 0.717) is 12.1 Å². The van der Waals surface area contributed by atoms with E-state index in [-0.39, 0.29) is 17.9 Å². The first-order chi connectivity index (χ1) is 11.2. The van der Waals surface area contributed by atoms with Gasteiger partial charge >= 0.3 is 0 Å². The van der Waals surface area contributed by atoms with Crippen LogP contribution in [0.1, 0.15) is 50.5 Å². The molecule has 2 aliphatic carbocycles. The lowest BCUT2D eigenvalue weighted by Gasteiger charge is -2.37. The number of carbonyl (C=O) groups is 1. The van der Waals surface area contributed by atoms with Crippen LogP contribution in [-0.2, 0) is 10.2 Å². The Morgan fingerprint density at radius 2 is 1.96 bits per heavy atom. The van der Waals surface area contributed by atoms with E-state index in [4.69, 9.17) is 0 Å². The summed E-state index contributed by atoms with van der Waals surface area (Å²) < 4.78 is 0. The molecular weight excluding hydrogens is 288 g/mol. The molecule has 0 aromatic heterocycles. The highest BCUT2D eigenvalue weighted by atomic mass is 16.3. The van der Waals surface area contributed by atoms with E-state index in [1.165, 1.54) is 18.4 Å². The van der Waals surface area contributed by atoms with Gasteiger partial charge in [-0.2, -0.15) is 0 Å². The second-order valence-electron chi connectivity index (χ2n) is 7.48. The standard InChI is InChI=1S/C19H26N2O2/c22-12-9-16(13-5-6-13)20-14-7-10-19(11-8-14)15-3-1-2-4-17(15)21-18(19)23/h1-4,13-14,16,20,22H,5-12H2,(H,21,23). The molecule has 2 fully saturated rings. The van der Waals surface area contributed by atoms with E-state index in [9.17, 15) is 9.90 Å². The molecule has 4 rings (SSSR count). The Hall–Kier alpha value is -1.39. The van der Waals surface area contributed by atoms with Crippen molar-refractivity contribution in [2.24, 2.45) is 5.92 Å². The Kier molecular flexibility index (Phi) is 3.90. The van der Waals surface area contributed by atoms with Gasteiger partial charge in [0.1, 0.15) is 0 Å². The summed E-state index contributed by atoms with van der Waals surface area (Å²) in [5.74, 6) is 0.944. The summed E-state index contributed by atoms with van der Waals surface area (Å²) in [6, 6.07) is 9.09. The predicted molar refractivity (Wildman–Crippen MR) is 90.4 cm³/mol. The van der Waals surface area contributed by atoms with E-state index < -0.39 is 0 Å². The highest BCUT2D eigenvalue weighted by Gasteiger charge is 2.48. The molecule has 4 heteroatoms. The van der Waals surface area contributed by atoms with Crippen LogP contribution in [0.5, 0.6) is 0 Å². The molecule has 1 heterocycles. The predicted octanol–water partition coefficient (Wildman–Crippen LogP) is 2.57. The van der Waals surface area contributed by atoms with Crippen LogP contribution >= 0.6 is 0 Å². The lowest BCUT2D eigenvalue weighted by Crippen LogP contribution is -2.47. The number of anilines is 1. The number of rotatable bonds is 5. The van der Waals surface area contributed by atoms with Crippen molar-refractivity contribution in [1.29, 1.82) is 0 Å². The van der Waals surface area contributed by atoms with Gasteiger partial charge in [-0.05, 0) is 62.5 Å². The number of aliphatic hydroxyl groups is 1. The minimum atomic E-state index is -0.305. The van der Waals surface area contributed by atoms with Gasteiger partial charge in [0.05, 0.1) is 5.41 Å². The van der Waals surface area contributed by atoms with Crippen molar-refractivity contribution >= 4 is 11.6 Å². The summed E-state index contributed by atoms with van der Waals surface area (Å²) in [6.07, 6.45) is 7.37. The molecule has 2 saturated carbocycles. The zero-order chi connectivity index (χ0) is 15.9. The summed E-state index contributed by atoms with van der Waals surface area (Å²) in [6.45, 7) is 0.264. The summed E-state index contributed by atoms with van der Waals surface area (Å²) in [5.41, 5.74) is 1.89. The molecule has 3 N–H and O–H groups in total. The summed E-state index contributed by atoms with van der Waals surface area (Å²) in [7, 11) is 0. The third-order valence-corrected chi connectivity index (χ3v) is 6.05. The van der Waals surface area contributed by atoms with Gasteiger partial charge < -0.3 is 15.7 Å². The van der Waals surface area contributed by atoms with Crippen molar-refractivity contribution in [1.82, 2.24) is 5.32 Å². The number of hydrogen-bond acceptors (Lipinski definition) is 3. The largest absolute Gasteiger partial charge is 0.396 e. The van der Waals surface area contributed by atoms with Crippen LogP contribution in [0, 0.1) is 5.92 Å². The third kappa shape index (κ3) is 2.68. The maximum Gasteiger partial charge on any atom is 0.235 e. The van der Waals surface area contributed by atoms with Gasteiger partial charge in [0.15, 0.2) is 0 Å². The maximum atomic E-state index is 12.6. The number of nitrogens with one attached hydrogen (secondary N) is 2. The molecule has 23 heavy (non-hydrogen) atoms. The van der Waals surface area contributed by atoms with Gasteiger partial charge in [0.2, 0.25) is 5.91 Å². The van der Waals surface area contributed by atoms with Crippen molar-refractivity contribution in [3.63, 3.8) is 0 Å². The highest BCUT2D eigenvalue weighted by molar-refractivity contribution is 6.06. The molecule has 0 radical (unpaired) electrons. The zero-order valence-corrected chi connectivity index (χ0v) is 13.6. The molecule has 0 saturated heterocycles. The van der Waals surface area contributed by atoms with E-state index in [1.54, 1.807) is 0 Å². The highest BCUT2D eigenvalue weighted by Crippen LogP contribution is 2.47. The van der Waals surface area contributed by atoms with Crippen LogP contribution in [0.3, 0.4) is 0 Å². The first-order valence-corrected chi connectivity index (χ1v) is 9.01. The Bertz CT molecular complexity index is 589. The molecule has 1 aliphatic heterocycles. The first kappa shape index (κ1) is 15.2. The Morgan fingerprint density at radius 3 is 2.65 bits per heavy atom. The summed E-state index contributed by atoms with van der Waals surface area (Å²) in [4.78, 5) is 12.6.